The van der Waals surface area contributed by atoms with Crippen molar-refractivity contribution in [3.8, 4) is 5.75 Å². The zero-order valence-electron chi connectivity index (χ0n) is 15.9. The predicted molar refractivity (Wildman–Crippen MR) is 93.8 cm³/mol. The summed E-state index contributed by atoms with van der Waals surface area (Å²) in [6, 6.07) is 6.59. The number of allylic oxidation sites excluding steroid dienone is 1. The molecule has 2 atom stereocenters. The van der Waals surface area contributed by atoms with Gasteiger partial charge in [0.05, 0.1) is 7.11 Å². The first-order valence-electron chi connectivity index (χ1n) is 8.55. The van der Waals surface area contributed by atoms with Crippen LogP contribution in [-0.4, -0.2) is 11.4 Å². The average molecular weight is 473 g/mol. The van der Waals surface area contributed by atoms with Crippen LogP contribution in [0.25, 0.3) is 5.76 Å². The Labute approximate surface area is 212 Å². The SMILES string of the molecule is COC(=C1C2CC3CC1CC(Br)(C3)C2)c1cccc(OP(=O)([O-])[O-])c1.[Na+].[Na+]. The third-order valence-corrected chi connectivity index (χ3v) is 7.18. The number of alkyl halides is 1. The minimum absolute atomic E-state index is 0. The Balaban J connectivity index is 0.00000131. The summed E-state index contributed by atoms with van der Waals surface area (Å²) in [5.74, 6) is 2.61. The number of phosphoric acid groups is 1. The second-order valence-electron chi connectivity index (χ2n) is 7.55. The Morgan fingerprint density at radius 1 is 1.19 bits per heavy atom. The van der Waals surface area contributed by atoms with Crippen LogP contribution in [0.3, 0.4) is 0 Å². The first-order chi connectivity index (χ1) is 11.8. The molecule has 0 saturated heterocycles. The van der Waals surface area contributed by atoms with Crippen molar-refractivity contribution in [2.24, 2.45) is 17.8 Å². The van der Waals surface area contributed by atoms with E-state index in [1.807, 2.05) is 6.07 Å². The number of rotatable bonds is 4. The van der Waals surface area contributed by atoms with E-state index in [0.29, 0.717) is 11.8 Å². The molecule has 0 aromatic heterocycles. The molecule has 4 fully saturated rings. The van der Waals surface area contributed by atoms with E-state index < -0.39 is 7.82 Å². The number of ether oxygens (including phenoxy) is 1. The summed E-state index contributed by atoms with van der Waals surface area (Å²) in [6.07, 6.45) is 5.89. The minimum Gasteiger partial charge on any atom is -0.780 e. The maximum absolute atomic E-state index is 10.9. The summed E-state index contributed by atoms with van der Waals surface area (Å²) in [4.78, 5) is 21.8. The molecule has 1 aromatic carbocycles. The van der Waals surface area contributed by atoms with Crippen molar-refractivity contribution in [2.45, 2.75) is 36.4 Å². The molecule has 0 N–H and O–H groups in total. The summed E-state index contributed by atoms with van der Waals surface area (Å²) in [5.41, 5.74) is 2.11. The molecule has 0 radical (unpaired) electrons. The van der Waals surface area contributed by atoms with E-state index in [0.717, 1.165) is 30.1 Å². The standard InChI is InChI=1S/C18H22BrO5P.2Na/c1-23-17(12-3-2-4-15(7-12)24-25(20,21)22)16-13-5-11-6-14(16)10-18(19,8-11)9-13;;/h2-4,7,11,13-14H,5-6,8-10H2,1H3,(H2,20,21,22);;/q;2*+1/p-2. The van der Waals surface area contributed by atoms with Gasteiger partial charge in [-0.3, -0.25) is 0 Å². The smallest absolute Gasteiger partial charge is 0.780 e. The van der Waals surface area contributed by atoms with Crippen LogP contribution in [0.5, 0.6) is 5.75 Å². The van der Waals surface area contributed by atoms with Crippen LogP contribution >= 0.6 is 23.8 Å². The van der Waals surface area contributed by atoms with Gasteiger partial charge in [0.1, 0.15) is 19.3 Å². The number of hydrogen-bond donors (Lipinski definition) is 0. The van der Waals surface area contributed by atoms with E-state index in [1.165, 1.54) is 30.9 Å². The van der Waals surface area contributed by atoms with Crippen molar-refractivity contribution in [1.82, 2.24) is 0 Å². The van der Waals surface area contributed by atoms with Crippen molar-refractivity contribution in [1.29, 1.82) is 0 Å². The molecule has 136 valence electrons. The van der Waals surface area contributed by atoms with Gasteiger partial charge in [-0.2, -0.15) is 0 Å². The molecule has 5 rings (SSSR count). The summed E-state index contributed by atoms with van der Waals surface area (Å²) < 4.78 is 21.4. The molecular formula is C18H20BrNa2O5P. The fourth-order valence-electron chi connectivity index (χ4n) is 5.29. The molecule has 4 aliphatic carbocycles. The zero-order valence-corrected chi connectivity index (χ0v) is 22.4. The topological polar surface area (TPSA) is 81.7 Å². The Morgan fingerprint density at radius 3 is 2.33 bits per heavy atom. The van der Waals surface area contributed by atoms with Crippen LogP contribution < -0.4 is 73.4 Å². The molecule has 0 aliphatic heterocycles. The fourth-order valence-corrected chi connectivity index (χ4v) is 6.90. The monoisotopic (exact) mass is 472 g/mol. The maximum atomic E-state index is 10.9. The second kappa shape index (κ2) is 9.13. The first kappa shape index (κ1) is 24.5. The molecule has 0 heterocycles. The van der Waals surface area contributed by atoms with Gasteiger partial charge in [0.15, 0.2) is 0 Å². The van der Waals surface area contributed by atoms with Crippen LogP contribution in [0.1, 0.15) is 37.7 Å². The quantitative estimate of drug-likeness (QED) is 0.205. The first-order valence-corrected chi connectivity index (χ1v) is 10.8. The van der Waals surface area contributed by atoms with Gasteiger partial charge in [-0.15, -0.1) is 0 Å². The number of phosphoric ester groups is 1. The van der Waals surface area contributed by atoms with E-state index in [-0.39, 0.29) is 69.2 Å². The predicted octanol–water partition coefficient (Wildman–Crippen LogP) is -2.77. The summed E-state index contributed by atoms with van der Waals surface area (Å²) in [5, 5.41) is 0. The summed E-state index contributed by atoms with van der Waals surface area (Å²) in [6.45, 7) is 0. The molecule has 2 unspecified atom stereocenters. The Hall–Kier alpha value is 1.19. The molecular weight excluding hydrogens is 453 g/mol. The van der Waals surface area contributed by atoms with Crippen LogP contribution in [0.4, 0.5) is 0 Å². The van der Waals surface area contributed by atoms with Crippen molar-refractivity contribution >= 4 is 29.5 Å². The Morgan fingerprint density at radius 2 is 1.81 bits per heavy atom. The zero-order chi connectivity index (χ0) is 17.8. The normalized spacial score (nSPS) is 31.0. The third kappa shape index (κ3) is 5.28. The number of halogens is 1. The van der Waals surface area contributed by atoms with Crippen LogP contribution in [0, 0.1) is 17.8 Å². The van der Waals surface area contributed by atoms with Gasteiger partial charge >= 0.3 is 59.1 Å². The molecule has 4 aliphatic rings. The number of benzene rings is 1. The van der Waals surface area contributed by atoms with Gasteiger partial charge in [0, 0.05) is 9.89 Å². The van der Waals surface area contributed by atoms with E-state index in [9.17, 15) is 14.4 Å². The summed E-state index contributed by atoms with van der Waals surface area (Å²) in [7, 11) is -3.42. The largest absolute Gasteiger partial charge is 1.00 e. The molecule has 5 nitrogen and oxygen atoms in total. The van der Waals surface area contributed by atoms with Gasteiger partial charge in [-0.05, 0) is 67.6 Å². The molecule has 9 heteroatoms. The molecule has 0 amide bonds. The molecule has 4 bridgehead atoms. The molecule has 4 saturated carbocycles. The van der Waals surface area contributed by atoms with Crippen molar-refractivity contribution in [3.63, 3.8) is 0 Å². The maximum Gasteiger partial charge on any atom is 1.00 e. The number of methoxy groups -OCH3 is 1. The van der Waals surface area contributed by atoms with E-state index in [2.05, 4.69) is 20.5 Å². The second-order valence-corrected chi connectivity index (χ2v) is 10.3. The molecule has 1 aromatic rings. The van der Waals surface area contributed by atoms with Crippen molar-refractivity contribution in [3.05, 3.63) is 35.4 Å². The third-order valence-electron chi connectivity index (χ3n) is 5.77. The van der Waals surface area contributed by atoms with E-state index in [4.69, 9.17) is 4.74 Å². The van der Waals surface area contributed by atoms with Gasteiger partial charge in [0.2, 0.25) is 0 Å². The van der Waals surface area contributed by atoms with Crippen molar-refractivity contribution in [2.75, 3.05) is 7.11 Å². The molecule has 0 spiro atoms. The van der Waals surface area contributed by atoms with Gasteiger partial charge in [0.25, 0.3) is 0 Å². The van der Waals surface area contributed by atoms with Gasteiger partial charge in [-0.1, -0.05) is 28.1 Å². The summed E-state index contributed by atoms with van der Waals surface area (Å²) >= 11 is 3.97. The van der Waals surface area contributed by atoms with Gasteiger partial charge < -0.3 is 23.6 Å². The molecule has 27 heavy (non-hydrogen) atoms. The fraction of sp³-hybridized carbons (Fsp3) is 0.556. The average Bonchev–Trinajstić information content (AvgIpc) is 2.47. The van der Waals surface area contributed by atoms with Crippen LogP contribution in [-0.2, 0) is 9.30 Å². The van der Waals surface area contributed by atoms with E-state index >= 15 is 0 Å². The Bertz CT molecular complexity index is 763. The van der Waals surface area contributed by atoms with Gasteiger partial charge in [-0.25, -0.2) is 0 Å². The van der Waals surface area contributed by atoms with Crippen LogP contribution in [0.15, 0.2) is 29.8 Å². The van der Waals surface area contributed by atoms with E-state index in [1.54, 1.807) is 19.2 Å². The Kier molecular flexibility index (Phi) is 8.27. The van der Waals surface area contributed by atoms with Crippen LogP contribution in [0.2, 0.25) is 0 Å². The minimum atomic E-state index is -5.07. The van der Waals surface area contributed by atoms with Crippen molar-refractivity contribution < 1.29 is 82.7 Å². The number of hydrogen-bond acceptors (Lipinski definition) is 5.